The average Bonchev–Trinajstić information content (AvgIpc) is 3.08. The maximum atomic E-state index is 6.04. The summed E-state index contributed by atoms with van der Waals surface area (Å²) in [6, 6.07) is 30.5. The van der Waals surface area contributed by atoms with E-state index in [1.54, 1.807) is 0 Å². The van der Waals surface area contributed by atoms with Crippen molar-refractivity contribution in [1.29, 1.82) is 0 Å². The number of hydrogen-bond donors (Lipinski definition) is 1. The first-order valence-corrected chi connectivity index (χ1v) is 7.84. The molecule has 3 aromatic carbocycles. The Morgan fingerprint density at radius 2 is 1.17 bits per heavy atom. The van der Waals surface area contributed by atoms with Gasteiger partial charge in [-0.2, -0.15) is 4.98 Å². The number of para-hydroxylation sites is 1. The minimum Gasteiger partial charge on any atom is -0.423 e. The molecule has 0 unspecified atom stereocenters. The molecule has 0 aliphatic carbocycles. The highest BCUT2D eigenvalue weighted by molar-refractivity contribution is 5.78. The summed E-state index contributed by atoms with van der Waals surface area (Å²) < 4.78 is 6.04. The van der Waals surface area contributed by atoms with Gasteiger partial charge in [0.1, 0.15) is 5.69 Å². The molecule has 0 spiro atoms. The Kier molecular flexibility index (Phi) is 3.82. The Balaban J connectivity index is 1.79. The van der Waals surface area contributed by atoms with Crippen LogP contribution in [0.2, 0.25) is 0 Å². The van der Waals surface area contributed by atoms with E-state index in [9.17, 15) is 0 Å². The Bertz CT molecular complexity index is 859. The third-order valence-electron chi connectivity index (χ3n) is 3.74. The summed E-state index contributed by atoms with van der Waals surface area (Å²) in [4.78, 5) is 4.67. The summed E-state index contributed by atoms with van der Waals surface area (Å²) in [6.07, 6.45) is 0. The number of nitrogens with zero attached hydrogens (tertiary/aromatic N) is 1. The van der Waals surface area contributed by atoms with Gasteiger partial charge in [-0.25, -0.2) is 0 Å². The number of oxazole rings is 1. The van der Waals surface area contributed by atoms with Gasteiger partial charge in [0.15, 0.2) is 5.76 Å². The molecule has 4 rings (SSSR count). The van der Waals surface area contributed by atoms with Crippen LogP contribution in [0.5, 0.6) is 0 Å². The fraction of sp³-hybridized carbons (Fsp3) is 0. The Morgan fingerprint density at radius 1 is 0.625 bits per heavy atom. The van der Waals surface area contributed by atoms with Crippen LogP contribution in [0.3, 0.4) is 0 Å². The number of nitrogens with one attached hydrogen (secondary N) is 1. The fourth-order valence-electron chi connectivity index (χ4n) is 2.60. The van der Waals surface area contributed by atoms with Crippen molar-refractivity contribution in [2.75, 3.05) is 5.32 Å². The Morgan fingerprint density at radius 3 is 1.79 bits per heavy atom. The first-order valence-electron chi connectivity index (χ1n) is 7.84. The second-order valence-corrected chi connectivity index (χ2v) is 5.42. The first kappa shape index (κ1) is 14.3. The van der Waals surface area contributed by atoms with E-state index in [0.717, 1.165) is 28.3 Å². The average molecular weight is 312 g/mol. The standard InChI is InChI=1S/C21H16N2O/c1-4-10-16(11-5-1)19-20(17-12-6-2-7-13-17)24-21(23-19)22-18-14-8-3-9-15-18/h1-15H,(H,22,23). The summed E-state index contributed by atoms with van der Waals surface area (Å²) in [5.74, 6) is 0.764. The Labute approximate surface area is 140 Å². The van der Waals surface area contributed by atoms with Crippen LogP contribution in [0.25, 0.3) is 22.6 Å². The van der Waals surface area contributed by atoms with Crippen LogP contribution in [0.4, 0.5) is 11.7 Å². The second-order valence-electron chi connectivity index (χ2n) is 5.42. The zero-order valence-corrected chi connectivity index (χ0v) is 13.0. The molecule has 0 saturated carbocycles. The summed E-state index contributed by atoms with van der Waals surface area (Å²) >= 11 is 0. The smallest absolute Gasteiger partial charge is 0.300 e. The number of rotatable bonds is 4. The van der Waals surface area contributed by atoms with Crippen LogP contribution in [0.1, 0.15) is 0 Å². The molecule has 1 aromatic heterocycles. The molecule has 0 amide bonds. The molecule has 0 radical (unpaired) electrons. The lowest BCUT2D eigenvalue weighted by Crippen LogP contribution is -1.89. The van der Waals surface area contributed by atoms with E-state index < -0.39 is 0 Å². The second kappa shape index (κ2) is 6.42. The number of hydrogen-bond acceptors (Lipinski definition) is 3. The highest BCUT2D eigenvalue weighted by Crippen LogP contribution is 2.34. The monoisotopic (exact) mass is 312 g/mol. The van der Waals surface area contributed by atoms with Crippen molar-refractivity contribution in [1.82, 2.24) is 4.98 Å². The zero-order valence-electron chi connectivity index (χ0n) is 13.0. The third kappa shape index (κ3) is 2.92. The van der Waals surface area contributed by atoms with Crippen molar-refractivity contribution in [3.8, 4) is 22.6 Å². The minimum absolute atomic E-state index is 0.485. The van der Waals surface area contributed by atoms with Gasteiger partial charge in [-0.05, 0) is 12.1 Å². The van der Waals surface area contributed by atoms with Gasteiger partial charge >= 0.3 is 0 Å². The predicted molar refractivity (Wildman–Crippen MR) is 97.1 cm³/mol. The predicted octanol–water partition coefficient (Wildman–Crippen LogP) is 5.75. The van der Waals surface area contributed by atoms with E-state index in [4.69, 9.17) is 4.42 Å². The number of benzene rings is 3. The molecular weight excluding hydrogens is 296 g/mol. The summed E-state index contributed by atoms with van der Waals surface area (Å²) in [5, 5.41) is 3.23. The molecule has 0 bridgehead atoms. The van der Waals surface area contributed by atoms with E-state index in [-0.39, 0.29) is 0 Å². The lowest BCUT2D eigenvalue weighted by atomic mass is 10.1. The van der Waals surface area contributed by atoms with Crippen LogP contribution in [0.15, 0.2) is 95.4 Å². The molecule has 4 aromatic rings. The topological polar surface area (TPSA) is 38.1 Å². The van der Waals surface area contributed by atoms with E-state index in [0.29, 0.717) is 6.01 Å². The summed E-state index contributed by atoms with van der Waals surface area (Å²) in [5.41, 5.74) is 3.81. The van der Waals surface area contributed by atoms with Crippen molar-refractivity contribution in [3.63, 3.8) is 0 Å². The van der Waals surface area contributed by atoms with Crippen LogP contribution in [0, 0.1) is 0 Å². The van der Waals surface area contributed by atoms with Gasteiger partial charge in [0, 0.05) is 16.8 Å². The number of anilines is 2. The minimum atomic E-state index is 0.485. The number of aromatic nitrogens is 1. The zero-order chi connectivity index (χ0) is 16.2. The fourth-order valence-corrected chi connectivity index (χ4v) is 2.60. The molecule has 1 heterocycles. The molecule has 24 heavy (non-hydrogen) atoms. The maximum absolute atomic E-state index is 6.04. The van der Waals surface area contributed by atoms with Crippen LogP contribution < -0.4 is 5.32 Å². The Hall–Kier alpha value is -3.33. The molecule has 3 heteroatoms. The van der Waals surface area contributed by atoms with Crippen LogP contribution >= 0.6 is 0 Å². The van der Waals surface area contributed by atoms with Gasteiger partial charge in [-0.1, -0.05) is 78.9 Å². The quantitative estimate of drug-likeness (QED) is 0.521. The van der Waals surface area contributed by atoms with E-state index in [1.807, 2.05) is 91.0 Å². The van der Waals surface area contributed by atoms with Crippen molar-refractivity contribution in [2.24, 2.45) is 0 Å². The molecule has 3 nitrogen and oxygen atoms in total. The third-order valence-corrected chi connectivity index (χ3v) is 3.74. The SMILES string of the molecule is c1ccc(Nc2nc(-c3ccccc3)c(-c3ccccc3)o2)cc1. The van der Waals surface area contributed by atoms with Gasteiger partial charge in [0.2, 0.25) is 0 Å². The molecule has 116 valence electrons. The van der Waals surface area contributed by atoms with E-state index in [2.05, 4.69) is 10.3 Å². The van der Waals surface area contributed by atoms with Crippen molar-refractivity contribution >= 4 is 11.7 Å². The molecule has 1 N–H and O–H groups in total. The molecule has 0 aliphatic rings. The van der Waals surface area contributed by atoms with Gasteiger partial charge in [-0.3, -0.25) is 0 Å². The van der Waals surface area contributed by atoms with Gasteiger partial charge < -0.3 is 9.73 Å². The van der Waals surface area contributed by atoms with Crippen LogP contribution in [-0.4, -0.2) is 4.98 Å². The first-order chi connectivity index (χ1) is 11.9. The van der Waals surface area contributed by atoms with Gasteiger partial charge in [-0.15, -0.1) is 0 Å². The molecule has 0 aliphatic heterocycles. The highest BCUT2D eigenvalue weighted by Gasteiger charge is 2.16. The van der Waals surface area contributed by atoms with Crippen LogP contribution in [-0.2, 0) is 0 Å². The largest absolute Gasteiger partial charge is 0.423 e. The van der Waals surface area contributed by atoms with Crippen molar-refractivity contribution < 1.29 is 4.42 Å². The van der Waals surface area contributed by atoms with Crippen molar-refractivity contribution in [3.05, 3.63) is 91.0 Å². The van der Waals surface area contributed by atoms with Gasteiger partial charge in [0.05, 0.1) is 0 Å². The molecule has 0 atom stereocenters. The van der Waals surface area contributed by atoms with E-state index >= 15 is 0 Å². The normalized spacial score (nSPS) is 10.5. The maximum Gasteiger partial charge on any atom is 0.300 e. The highest BCUT2D eigenvalue weighted by atomic mass is 16.4. The van der Waals surface area contributed by atoms with E-state index in [1.165, 1.54) is 0 Å². The summed E-state index contributed by atoms with van der Waals surface area (Å²) in [7, 11) is 0. The lowest BCUT2D eigenvalue weighted by molar-refractivity contribution is 0.592. The summed E-state index contributed by atoms with van der Waals surface area (Å²) in [6.45, 7) is 0. The van der Waals surface area contributed by atoms with Crippen molar-refractivity contribution in [2.45, 2.75) is 0 Å². The lowest BCUT2D eigenvalue weighted by Gasteiger charge is -2.01. The molecular formula is C21H16N2O. The molecule has 0 fully saturated rings. The molecule has 0 saturated heterocycles. The van der Waals surface area contributed by atoms with Gasteiger partial charge in [0.25, 0.3) is 6.01 Å².